The first-order chi connectivity index (χ1) is 8.75. The summed E-state index contributed by atoms with van der Waals surface area (Å²) in [5.74, 6) is 0.879. The van der Waals surface area contributed by atoms with E-state index in [1.807, 2.05) is 0 Å². The largest absolute Gasteiger partial charge is 0.299 e. The minimum atomic E-state index is 0.669. The van der Waals surface area contributed by atoms with Gasteiger partial charge < -0.3 is 0 Å². The summed E-state index contributed by atoms with van der Waals surface area (Å²) in [4.78, 5) is 2.59. The molecule has 1 fully saturated rings. The van der Waals surface area contributed by atoms with E-state index >= 15 is 0 Å². The number of benzene rings is 1. The molecule has 0 N–H and O–H groups in total. The van der Waals surface area contributed by atoms with Gasteiger partial charge in [-0.05, 0) is 55.5 Å². The highest BCUT2D eigenvalue weighted by molar-refractivity contribution is 9.10. The molecule has 0 saturated heterocycles. The van der Waals surface area contributed by atoms with Crippen LogP contribution in [0.15, 0.2) is 22.7 Å². The quantitative estimate of drug-likeness (QED) is 0.735. The Bertz CT molecular complexity index is 423. The van der Waals surface area contributed by atoms with Crippen LogP contribution in [0.3, 0.4) is 0 Å². The third-order valence-corrected chi connectivity index (χ3v) is 5.22. The van der Waals surface area contributed by atoms with Gasteiger partial charge in [0.1, 0.15) is 0 Å². The van der Waals surface area contributed by atoms with Crippen LogP contribution < -0.4 is 0 Å². The number of likely N-dealkylation sites (N-methyl/N-ethyl adjacent to an activating group) is 1. The average Bonchev–Trinajstić information content (AvgIpc) is 2.40. The topological polar surface area (TPSA) is 3.24 Å². The summed E-state index contributed by atoms with van der Waals surface area (Å²) in [5, 5.41) is 0. The Morgan fingerprint density at radius 1 is 1.17 bits per heavy atom. The molecule has 1 saturated carbocycles. The maximum Gasteiger partial charge on any atom is 0.0376 e. The van der Waals surface area contributed by atoms with E-state index < -0.39 is 0 Å². The number of fused-ring (bicyclic) bond motifs is 1. The van der Waals surface area contributed by atoms with Crippen molar-refractivity contribution in [2.45, 2.75) is 44.6 Å². The second kappa shape index (κ2) is 5.34. The third-order valence-electron chi connectivity index (χ3n) is 4.73. The molecule has 1 heterocycles. The summed E-state index contributed by atoms with van der Waals surface area (Å²) in [6, 6.07) is 7.57. The predicted molar refractivity (Wildman–Crippen MR) is 79.8 cm³/mol. The van der Waals surface area contributed by atoms with Crippen molar-refractivity contribution < 1.29 is 0 Å². The molecule has 0 amide bonds. The van der Waals surface area contributed by atoms with Crippen LogP contribution in [0.1, 0.15) is 49.3 Å². The summed E-state index contributed by atoms with van der Waals surface area (Å²) < 4.78 is 1.23. The van der Waals surface area contributed by atoms with Gasteiger partial charge in [0, 0.05) is 17.1 Å². The Balaban J connectivity index is 1.93. The first-order valence-electron chi connectivity index (χ1n) is 7.24. The molecule has 2 heteroatoms. The highest BCUT2D eigenvalue weighted by Gasteiger charge is 2.32. The molecule has 98 valence electrons. The predicted octanol–water partition coefficient (Wildman–Crippen LogP) is 4.56. The first kappa shape index (κ1) is 12.7. The van der Waals surface area contributed by atoms with Crippen LogP contribution in [-0.2, 0) is 6.42 Å². The van der Waals surface area contributed by atoms with Gasteiger partial charge in [-0.15, -0.1) is 0 Å². The normalized spacial score (nSPS) is 26.0. The molecule has 1 nitrogen and oxygen atoms in total. The van der Waals surface area contributed by atoms with E-state index in [2.05, 4.69) is 46.1 Å². The lowest BCUT2D eigenvalue weighted by Crippen LogP contribution is -2.37. The molecular weight excluding hydrogens is 286 g/mol. The van der Waals surface area contributed by atoms with E-state index in [-0.39, 0.29) is 0 Å². The van der Waals surface area contributed by atoms with Crippen molar-refractivity contribution in [3.63, 3.8) is 0 Å². The van der Waals surface area contributed by atoms with Crippen LogP contribution in [0.25, 0.3) is 0 Å². The molecule has 18 heavy (non-hydrogen) atoms. The minimum absolute atomic E-state index is 0.669. The Labute approximate surface area is 119 Å². The van der Waals surface area contributed by atoms with E-state index in [9.17, 15) is 0 Å². The maximum absolute atomic E-state index is 3.61. The Hall–Kier alpha value is -0.340. The lowest BCUT2D eigenvalue weighted by molar-refractivity contribution is 0.134. The van der Waals surface area contributed by atoms with Crippen molar-refractivity contribution in [3.8, 4) is 0 Å². The fourth-order valence-corrected chi connectivity index (χ4v) is 4.22. The summed E-state index contributed by atoms with van der Waals surface area (Å²) in [6.07, 6.45) is 8.35. The standard InChI is InChI=1S/C16H22BrN/c1-18-10-9-13-11-14(17)7-8-15(13)16(18)12-5-3-2-4-6-12/h7-8,11-12,16H,2-6,9-10H2,1H3. The van der Waals surface area contributed by atoms with Crippen molar-refractivity contribution in [1.82, 2.24) is 4.90 Å². The monoisotopic (exact) mass is 307 g/mol. The zero-order chi connectivity index (χ0) is 12.5. The smallest absolute Gasteiger partial charge is 0.0376 e. The molecule has 1 aromatic carbocycles. The molecular formula is C16H22BrN. The molecule has 0 bridgehead atoms. The fraction of sp³-hybridized carbons (Fsp3) is 0.625. The number of nitrogens with zero attached hydrogens (tertiary/aromatic N) is 1. The lowest BCUT2D eigenvalue weighted by atomic mass is 9.77. The molecule has 3 rings (SSSR count). The molecule has 1 unspecified atom stereocenters. The average molecular weight is 308 g/mol. The molecule has 1 aliphatic carbocycles. The number of halogens is 1. The second-order valence-corrected chi connectivity index (χ2v) is 6.83. The van der Waals surface area contributed by atoms with Crippen molar-refractivity contribution in [1.29, 1.82) is 0 Å². The van der Waals surface area contributed by atoms with E-state index in [0.717, 1.165) is 5.92 Å². The second-order valence-electron chi connectivity index (χ2n) is 5.92. The van der Waals surface area contributed by atoms with Gasteiger partial charge in [0.05, 0.1) is 0 Å². The molecule has 0 radical (unpaired) electrons. The molecule has 1 atom stereocenters. The van der Waals surface area contributed by atoms with Gasteiger partial charge in [0.15, 0.2) is 0 Å². The summed E-state index contributed by atoms with van der Waals surface area (Å²) >= 11 is 3.61. The number of hydrogen-bond acceptors (Lipinski definition) is 1. The van der Waals surface area contributed by atoms with Crippen LogP contribution in [0, 0.1) is 5.92 Å². The highest BCUT2D eigenvalue weighted by Crippen LogP contribution is 2.41. The fourth-order valence-electron chi connectivity index (χ4n) is 3.82. The van der Waals surface area contributed by atoms with Crippen LogP contribution >= 0.6 is 15.9 Å². The number of hydrogen-bond donors (Lipinski definition) is 0. The molecule has 1 aromatic rings. The van der Waals surface area contributed by atoms with Crippen molar-refractivity contribution in [2.24, 2.45) is 5.92 Å². The van der Waals surface area contributed by atoms with Gasteiger partial charge in [-0.25, -0.2) is 0 Å². The molecule has 0 spiro atoms. The number of rotatable bonds is 1. The summed E-state index contributed by atoms with van der Waals surface area (Å²) in [6.45, 7) is 1.21. The van der Waals surface area contributed by atoms with Crippen LogP contribution in [0.4, 0.5) is 0 Å². The zero-order valence-electron chi connectivity index (χ0n) is 11.2. The SMILES string of the molecule is CN1CCc2cc(Br)ccc2C1C1CCCCC1. The molecule has 2 aliphatic rings. The molecule has 0 aromatic heterocycles. The first-order valence-corrected chi connectivity index (χ1v) is 8.03. The van der Waals surface area contributed by atoms with Gasteiger partial charge in [-0.3, -0.25) is 4.90 Å². The van der Waals surface area contributed by atoms with Crippen molar-refractivity contribution >= 4 is 15.9 Å². The van der Waals surface area contributed by atoms with Crippen LogP contribution in [0.5, 0.6) is 0 Å². The van der Waals surface area contributed by atoms with E-state index in [0.29, 0.717) is 6.04 Å². The van der Waals surface area contributed by atoms with Gasteiger partial charge in [0.2, 0.25) is 0 Å². The van der Waals surface area contributed by atoms with Gasteiger partial charge >= 0.3 is 0 Å². The van der Waals surface area contributed by atoms with E-state index in [1.165, 1.54) is 49.5 Å². The zero-order valence-corrected chi connectivity index (χ0v) is 12.7. The Morgan fingerprint density at radius 2 is 1.94 bits per heavy atom. The van der Waals surface area contributed by atoms with Crippen LogP contribution in [0.2, 0.25) is 0 Å². The van der Waals surface area contributed by atoms with Crippen LogP contribution in [-0.4, -0.2) is 18.5 Å². The van der Waals surface area contributed by atoms with E-state index in [4.69, 9.17) is 0 Å². The van der Waals surface area contributed by atoms with E-state index in [1.54, 1.807) is 11.1 Å². The highest BCUT2D eigenvalue weighted by atomic mass is 79.9. The minimum Gasteiger partial charge on any atom is -0.299 e. The summed E-state index contributed by atoms with van der Waals surface area (Å²) in [7, 11) is 2.31. The van der Waals surface area contributed by atoms with Crippen molar-refractivity contribution in [3.05, 3.63) is 33.8 Å². The summed E-state index contributed by atoms with van der Waals surface area (Å²) in [5.41, 5.74) is 3.16. The Morgan fingerprint density at radius 3 is 2.72 bits per heavy atom. The van der Waals surface area contributed by atoms with Gasteiger partial charge in [0.25, 0.3) is 0 Å². The van der Waals surface area contributed by atoms with Crippen molar-refractivity contribution in [2.75, 3.05) is 13.6 Å². The van der Waals surface area contributed by atoms with Gasteiger partial charge in [-0.2, -0.15) is 0 Å². The maximum atomic E-state index is 3.61. The van der Waals surface area contributed by atoms with Gasteiger partial charge in [-0.1, -0.05) is 41.3 Å². The lowest BCUT2D eigenvalue weighted by Gasteiger charge is -2.41. The molecule has 1 aliphatic heterocycles. The Kier molecular flexibility index (Phi) is 3.76. The third kappa shape index (κ3) is 2.37.